The van der Waals surface area contributed by atoms with Crippen molar-refractivity contribution in [2.24, 2.45) is 5.10 Å². The molecule has 1 atom stereocenters. The SMILES string of the molecule is CCCCCCCCCCCCCC1=NNC(S)N1c1ccc(OC)cc1. The van der Waals surface area contributed by atoms with E-state index in [0.29, 0.717) is 0 Å². The number of benzene rings is 1. The zero-order chi connectivity index (χ0) is 19.3. The lowest BCUT2D eigenvalue weighted by Gasteiger charge is -2.24. The van der Waals surface area contributed by atoms with Crippen molar-refractivity contribution in [3.8, 4) is 5.75 Å². The fourth-order valence-corrected chi connectivity index (χ4v) is 3.87. The Labute approximate surface area is 171 Å². The summed E-state index contributed by atoms with van der Waals surface area (Å²) in [4.78, 5) is 2.17. The number of hydrogen-bond acceptors (Lipinski definition) is 5. The fraction of sp³-hybridized carbons (Fsp3) is 0.682. The van der Waals surface area contributed by atoms with Crippen molar-refractivity contribution < 1.29 is 4.74 Å². The Balaban J connectivity index is 1.60. The largest absolute Gasteiger partial charge is 0.497 e. The Bertz CT molecular complexity index is 547. The number of hydrogen-bond donors (Lipinski definition) is 2. The quantitative estimate of drug-likeness (QED) is 0.287. The highest BCUT2D eigenvalue weighted by Gasteiger charge is 2.25. The van der Waals surface area contributed by atoms with E-state index in [1.807, 2.05) is 12.1 Å². The van der Waals surface area contributed by atoms with Gasteiger partial charge in [0, 0.05) is 12.1 Å². The predicted octanol–water partition coefficient (Wildman–Crippen LogP) is 6.33. The van der Waals surface area contributed by atoms with Gasteiger partial charge in [0.1, 0.15) is 11.6 Å². The summed E-state index contributed by atoms with van der Waals surface area (Å²) >= 11 is 4.61. The van der Waals surface area contributed by atoms with Crippen LogP contribution in [0.4, 0.5) is 5.69 Å². The normalized spacial score (nSPS) is 16.3. The summed E-state index contributed by atoms with van der Waals surface area (Å²) in [6.45, 7) is 2.28. The maximum absolute atomic E-state index is 5.25. The maximum atomic E-state index is 5.25. The third-order valence-corrected chi connectivity index (χ3v) is 5.53. The van der Waals surface area contributed by atoms with E-state index in [4.69, 9.17) is 4.74 Å². The Morgan fingerprint density at radius 1 is 0.926 bits per heavy atom. The summed E-state index contributed by atoms with van der Waals surface area (Å²) in [5.74, 6) is 1.95. The number of nitrogens with one attached hydrogen (secondary N) is 1. The molecule has 0 fully saturated rings. The zero-order valence-electron chi connectivity index (χ0n) is 17.1. The van der Waals surface area contributed by atoms with Crippen LogP contribution < -0.4 is 15.1 Å². The van der Waals surface area contributed by atoms with E-state index < -0.39 is 0 Å². The van der Waals surface area contributed by atoms with Crippen molar-refractivity contribution in [1.82, 2.24) is 5.43 Å². The summed E-state index contributed by atoms with van der Waals surface area (Å²) in [5, 5.41) is 4.48. The molecule has 0 bridgehead atoms. The van der Waals surface area contributed by atoms with Gasteiger partial charge in [0.15, 0.2) is 5.50 Å². The Morgan fingerprint density at radius 2 is 1.48 bits per heavy atom. The smallest absolute Gasteiger partial charge is 0.165 e. The monoisotopic (exact) mass is 391 g/mol. The van der Waals surface area contributed by atoms with Crippen LogP contribution in [0.15, 0.2) is 29.4 Å². The molecule has 0 aliphatic carbocycles. The molecule has 1 aliphatic rings. The van der Waals surface area contributed by atoms with Gasteiger partial charge >= 0.3 is 0 Å². The van der Waals surface area contributed by atoms with E-state index in [1.165, 1.54) is 70.6 Å². The second-order valence-electron chi connectivity index (χ2n) is 7.38. The lowest BCUT2D eigenvalue weighted by Crippen LogP contribution is -2.36. The molecule has 0 aromatic heterocycles. The number of anilines is 1. The van der Waals surface area contributed by atoms with E-state index in [9.17, 15) is 0 Å². The van der Waals surface area contributed by atoms with E-state index in [-0.39, 0.29) is 5.50 Å². The third kappa shape index (κ3) is 7.65. The highest BCUT2D eigenvalue weighted by molar-refractivity contribution is 7.81. The van der Waals surface area contributed by atoms with E-state index in [0.717, 1.165) is 23.7 Å². The molecule has 27 heavy (non-hydrogen) atoms. The first-order valence-electron chi connectivity index (χ1n) is 10.7. The van der Waals surface area contributed by atoms with Crippen LogP contribution in [0.2, 0.25) is 0 Å². The van der Waals surface area contributed by atoms with E-state index in [2.05, 4.69) is 47.1 Å². The number of rotatable bonds is 14. The molecule has 1 unspecified atom stereocenters. The van der Waals surface area contributed by atoms with Crippen LogP contribution in [-0.4, -0.2) is 18.4 Å². The molecule has 0 saturated carbocycles. The van der Waals surface area contributed by atoms with Crippen LogP contribution in [-0.2, 0) is 0 Å². The van der Waals surface area contributed by atoms with Crippen LogP contribution >= 0.6 is 12.6 Å². The molecule has 152 valence electrons. The molecule has 0 spiro atoms. The molecule has 5 heteroatoms. The average Bonchev–Trinajstić information content (AvgIpc) is 3.06. The average molecular weight is 392 g/mol. The van der Waals surface area contributed by atoms with Crippen LogP contribution in [0.3, 0.4) is 0 Å². The van der Waals surface area contributed by atoms with Crippen molar-refractivity contribution in [3.05, 3.63) is 24.3 Å². The molecular weight excluding hydrogens is 354 g/mol. The Kier molecular flexibility index (Phi) is 10.5. The van der Waals surface area contributed by atoms with Crippen molar-refractivity contribution in [3.63, 3.8) is 0 Å². The molecule has 1 aromatic rings. The van der Waals surface area contributed by atoms with Crippen LogP contribution in [0.5, 0.6) is 5.75 Å². The van der Waals surface area contributed by atoms with Gasteiger partial charge in [-0.15, -0.1) is 12.6 Å². The fourth-order valence-electron chi connectivity index (χ4n) is 3.54. The number of unbranched alkanes of at least 4 members (excludes halogenated alkanes) is 10. The van der Waals surface area contributed by atoms with Crippen molar-refractivity contribution in [2.75, 3.05) is 12.0 Å². The lowest BCUT2D eigenvalue weighted by atomic mass is 10.0. The van der Waals surface area contributed by atoms with Gasteiger partial charge in [-0.3, -0.25) is 10.3 Å². The van der Waals surface area contributed by atoms with Crippen molar-refractivity contribution >= 4 is 24.2 Å². The third-order valence-electron chi connectivity index (χ3n) is 5.19. The molecule has 1 heterocycles. The minimum Gasteiger partial charge on any atom is -0.497 e. The molecule has 1 aliphatic heterocycles. The Hall–Kier alpha value is -1.36. The van der Waals surface area contributed by atoms with E-state index >= 15 is 0 Å². The van der Waals surface area contributed by atoms with Gasteiger partial charge in [0.05, 0.1) is 7.11 Å². The maximum Gasteiger partial charge on any atom is 0.165 e. The number of amidine groups is 1. The van der Waals surface area contributed by atoms with Gasteiger partial charge in [-0.2, -0.15) is 5.10 Å². The molecule has 2 rings (SSSR count). The second-order valence-corrected chi connectivity index (χ2v) is 7.87. The highest BCUT2D eigenvalue weighted by atomic mass is 32.1. The van der Waals surface area contributed by atoms with Crippen molar-refractivity contribution in [1.29, 1.82) is 0 Å². The number of methoxy groups -OCH3 is 1. The van der Waals surface area contributed by atoms with Gasteiger partial charge in [0.25, 0.3) is 0 Å². The first-order valence-corrected chi connectivity index (χ1v) is 11.2. The highest BCUT2D eigenvalue weighted by Crippen LogP contribution is 2.26. The van der Waals surface area contributed by atoms with Crippen LogP contribution in [0, 0.1) is 0 Å². The predicted molar refractivity (Wildman–Crippen MR) is 120 cm³/mol. The molecule has 4 nitrogen and oxygen atoms in total. The summed E-state index contributed by atoms with van der Waals surface area (Å²) in [6.07, 6.45) is 16.0. The minimum atomic E-state index is -0.0962. The number of ether oxygens (including phenoxy) is 1. The summed E-state index contributed by atoms with van der Waals surface area (Å²) in [6, 6.07) is 8.08. The number of hydrazone groups is 1. The molecule has 1 N–H and O–H groups in total. The zero-order valence-corrected chi connectivity index (χ0v) is 18.0. The number of thiol groups is 1. The van der Waals surface area contributed by atoms with Crippen molar-refractivity contribution in [2.45, 2.75) is 89.5 Å². The summed E-state index contributed by atoms with van der Waals surface area (Å²) < 4.78 is 5.25. The van der Waals surface area contributed by atoms with Gasteiger partial charge in [-0.1, -0.05) is 71.1 Å². The van der Waals surface area contributed by atoms with Crippen LogP contribution in [0.25, 0.3) is 0 Å². The lowest BCUT2D eigenvalue weighted by molar-refractivity contribution is 0.415. The molecule has 0 radical (unpaired) electrons. The second kappa shape index (κ2) is 12.9. The number of nitrogens with zero attached hydrogens (tertiary/aromatic N) is 2. The van der Waals surface area contributed by atoms with Crippen LogP contribution in [0.1, 0.15) is 84.0 Å². The van der Waals surface area contributed by atoms with Gasteiger partial charge in [-0.05, 0) is 30.7 Å². The molecule has 0 amide bonds. The van der Waals surface area contributed by atoms with E-state index in [1.54, 1.807) is 7.11 Å². The first kappa shape index (κ1) is 21.9. The standard InChI is InChI=1S/C22H37N3OS/c1-3-4-5-6-7-8-9-10-11-12-13-14-21-23-24-22(27)25(21)19-15-17-20(26-2)18-16-19/h15-18,22,24,27H,3-14H2,1-2H3. The first-order chi connectivity index (χ1) is 13.3. The Morgan fingerprint density at radius 3 is 2.04 bits per heavy atom. The molecule has 1 aromatic carbocycles. The summed E-state index contributed by atoms with van der Waals surface area (Å²) in [7, 11) is 1.69. The van der Waals surface area contributed by atoms with Gasteiger partial charge in [0.2, 0.25) is 0 Å². The van der Waals surface area contributed by atoms with Gasteiger partial charge < -0.3 is 4.74 Å². The topological polar surface area (TPSA) is 36.9 Å². The molecular formula is C22H37N3OS. The van der Waals surface area contributed by atoms with Gasteiger partial charge in [-0.25, -0.2) is 0 Å². The summed E-state index contributed by atoms with van der Waals surface area (Å²) in [5.41, 5.74) is 4.09. The molecule has 0 saturated heterocycles. The minimum absolute atomic E-state index is 0.0962.